The van der Waals surface area contributed by atoms with Crippen LogP contribution in [0.2, 0.25) is 0 Å². The first-order valence-corrected chi connectivity index (χ1v) is 8.75. The van der Waals surface area contributed by atoms with Gasteiger partial charge in [-0.1, -0.05) is 6.07 Å². The fraction of sp³-hybridized carbons (Fsp3) is 0.526. The SMILES string of the molecule is Cc1cc(C)c2cc(C(=O)NC3CCN(C4CC4)CC3)[nH]c2c1. The maximum Gasteiger partial charge on any atom is 0.267 e. The molecule has 122 valence electrons. The summed E-state index contributed by atoms with van der Waals surface area (Å²) in [6.45, 7) is 6.43. The quantitative estimate of drug-likeness (QED) is 0.915. The van der Waals surface area contributed by atoms with Crippen molar-refractivity contribution in [1.29, 1.82) is 0 Å². The first-order valence-electron chi connectivity index (χ1n) is 8.75. The van der Waals surface area contributed by atoms with E-state index < -0.39 is 0 Å². The summed E-state index contributed by atoms with van der Waals surface area (Å²) in [6, 6.07) is 7.40. The van der Waals surface area contributed by atoms with Crippen molar-refractivity contribution < 1.29 is 4.79 Å². The third kappa shape index (κ3) is 3.00. The minimum Gasteiger partial charge on any atom is -0.351 e. The van der Waals surface area contributed by atoms with Crippen LogP contribution in [0.3, 0.4) is 0 Å². The van der Waals surface area contributed by atoms with E-state index >= 15 is 0 Å². The molecule has 1 aromatic carbocycles. The number of nitrogens with zero attached hydrogens (tertiary/aromatic N) is 1. The molecule has 23 heavy (non-hydrogen) atoms. The Bertz CT molecular complexity index is 736. The first-order chi connectivity index (χ1) is 11.1. The van der Waals surface area contributed by atoms with Crippen LogP contribution in [0.25, 0.3) is 10.9 Å². The van der Waals surface area contributed by atoms with E-state index in [9.17, 15) is 4.79 Å². The summed E-state index contributed by atoms with van der Waals surface area (Å²) in [5.74, 6) is 0.0307. The number of fused-ring (bicyclic) bond motifs is 1. The Morgan fingerprint density at radius 1 is 1.13 bits per heavy atom. The molecule has 4 rings (SSSR count). The summed E-state index contributed by atoms with van der Waals surface area (Å²) in [4.78, 5) is 18.4. The van der Waals surface area contributed by atoms with Gasteiger partial charge in [0.25, 0.3) is 5.91 Å². The Morgan fingerprint density at radius 3 is 2.57 bits per heavy atom. The number of hydrogen-bond donors (Lipinski definition) is 2. The maximum absolute atomic E-state index is 12.6. The molecule has 1 saturated carbocycles. The molecule has 1 saturated heterocycles. The predicted octanol–water partition coefficient (Wildman–Crippen LogP) is 3.14. The lowest BCUT2D eigenvalue weighted by atomic mass is 10.0. The molecule has 2 heterocycles. The maximum atomic E-state index is 12.6. The number of likely N-dealkylation sites (tertiary alicyclic amines) is 1. The average Bonchev–Trinajstić information content (AvgIpc) is 3.27. The van der Waals surface area contributed by atoms with Gasteiger partial charge in [0.15, 0.2) is 0 Å². The zero-order valence-corrected chi connectivity index (χ0v) is 14.0. The summed E-state index contributed by atoms with van der Waals surface area (Å²) in [5.41, 5.74) is 4.17. The summed E-state index contributed by atoms with van der Waals surface area (Å²) < 4.78 is 0. The number of benzene rings is 1. The second-order valence-corrected chi connectivity index (χ2v) is 7.24. The fourth-order valence-electron chi connectivity index (χ4n) is 3.83. The Labute approximate surface area is 137 Å². The molecule has 0 bridgehead atoms. The van der Waals surface area contributed by atoms with Crippen molar-refractivity contribution in [1.82, 2.24) is 15.2 Å². The van der Waals surface area contributed by atoms with Crippen molar-refractivity contribution in [3.8, 4) is 0 Å². The normalized spacial score (nSPS) is 20.1. The minimum atomic E-state index is 0.0307. The molecule has 4 heteroatoms. The number of carbonyl (C=O) groups is 1. The zero-order valence-electron chi connectivity index (χ0n) is 14.0. The summed E-state index contributed by atoms with van der Waals surface area (Å²) >= 11 is 0. The van der Waals surface area contributed by atoms with Crippen molar-refractivity contribution in [3.63, 3.8) is 0 Å². The highest BCUT2D eigenvalue weighted by atomic mass is 16.1. The van der Waals surface area contributed by atoms with Crippen LogP contribution < -0.4 is 5.32 Å². The third-order valence-electron chi connectivity index (χ3n) is 5.26. The van der Waals surface area contributed by atoms with Gasteiger partial charge in [-0.2, -0.15) is 0 Å². The molecule has 2 fully saturated rings. The number of H-pyrrole nitrogens is 1. The van der Waals surface area contributed by atoms with E-state index in [-0.39, 0.29) is 5.91 Å². The highest BCUT2D eigenvalue weighted by Gasteiger charge is 2.32. The van der Waals surface area contributed by atoms with E-state index in [1.807, 2.05) is 6.07 Å². The summed E-state index contributed by atoms with van der Waals surface area (Å²) in [6.07, 6.45) is 4.87. The predicted molar refractivity (Wildman–Crippen MR) is 92.9 cm³/mol. The monoisotopic (exact) mass is 311 g/mol. The highest BCUT2D eigenvalue weighted by molar-refractivity contribution is 5.99. The van der Waals surface area contributed by atoms with Crippen LogP contribution in [-0.4, -0.2) is 41.0 Å². The average molecular weight is 311 g/mol. The van der Waals surface area contributed by atoms with Crippen molar-refractivity contribution >= 4 is 16.8 Å². The number of aryl methyl sites for hydroxylation is 2. The lowest BCUT2D eigenvalue weighted by Gasteiger charge is -2.32. The highest BCUT2D eigenvalue weighted by Crippen LogP contribution is 2.29. The molecule has 2 aromatic rings. The van der Waals surface area contributed by atoms with Gasteiger partial charge in [-0.25, -0.2) is 0 Å². The zero-order chi connectivity index (χ0) is 16.0. The Morgan fingerprint density at radius 2 is 1.87 bits per heavy atom. The van der Waals surface area contributed by atoms with E-state index in [0.29, 0.717) is 11.7 Å². The summed E-state index contributed by atoms with van der Waals surface area (Å²) in [5, 5.41) is 4.36. The number of piperidine rings is 1. The van der Waals surface area contributed by atoms with Gasteiger partial charge in [0.1, 0.15) is 5.69 Å². The second kappa shape index (κ2) is 5.68. The Balaban J connectivity index is 1.43. The van der Waals surface area contributed by atoms with Crippen LogP contribution in [-0.2, 0) is 0 Å². The van der Waals surface area contributed by atoms with Gasteiger partial charge in [0.2, 0.25) is 0 Å². The molecule has 1 aliphatic carbocycles. The molecule has 4 nitrogen and oxygen atoms in total. The van der Waals surface area contributed by atoms with E-state index in [0.717, 1.165) is 42.9 Å². The molecule has 0 unspecified atom stereocenters. The van der Waals surface area contributed by atoms with Crippen LogP contribution >= 0.6 is 0 Å². The van der Waals surface area contributed by atoms with Gasteiger partial charge in [0.05, 0.1) is 0 Å². The lowest BCUT2D eigenvalue weighted by Crippen LogP contribution is -2.45. The molecule has 1 aromatic heterocycles. The standard InChI is InChI=1S/C19H25N3O/c1-12-9-13(2)16-11-18(21-17(16)10-12)19(23)20-14-5-7-22(8-6-14)15-3-4-15/h9-11,14-15,21H,3-8H2,1-2H3,(H,20,23). The Kier molecular flexibility index (Phi) is 3.64. The molecule has 1 amide bonds. The van der Waals surface area contributed by atoms with Gasteiger partial charge >= 0.3 is 0 Å². The van der Waals surface area contributed by atoms with Crippen molar-refractivity contribution in [2.75, 3.05) is 13.1 Å². The molecular formula is C19H25N3O. The molecule has 0 radical (unpaired) electrons. The van der Waals surface area contributed by atoms with Crippen molar-refractivity contribution in [2.45, 2.75) is 51.6 Å². The molecule has 2 N–H and O–H groups in total. The molecule has 0 spiro atoms. The number of aromatic amines is 1. The Hall–Kier alpha value is -1.81. The third-order valence-corrected chi connectivity index (χ3v) is 5.26. The second-order valence-electron chi connectivity index (χ2n) is 7.24. The van der Waals surface area contributed by atoms with Crippen molar-refractivity contribution in [3.05, 3.63) is 35.0 Å². The van der Waals surface area contributed by atoms with Crippen LogP contribution in [0.15, 0.2) is 18.2 Å². The number of nitrogens with one attached hydrogen (secondary N) is 2. The molecule has 0 atom stereocenters. The van der Waals surface area contributed by atoms with Crippen molar-refractivity contribution in [2.24, 2.45) is 0 Å². The number of aromatic nitrogens is 1. The van der Waals surface area contributed by atoms with Gasteiger partial charge < -0.3 is 15.2 Å². The fourth-order valence-corrected chi connectivity index (χ4v) is 3.83. The van der Waals surface area contributed by atoms with E-state index in [1.165, 1.54) is 24.0 Å². The van der Waals surface area contributed by atoms with Gasteiger partial charge in [-0.3, -0.25) is 4.79 Å². The number of hydrogen-bond acceptors (Lipinski definition) is 2. The smallest absolute Gasteiger partial charge is 0.267 e. The van der Waals surface area contributed by atoms with Gasteiger partial charge in [-0.05, 0) is 62.8 Å². The molecule has 2 aliphatic rings. The van der Waals surface area contributed by atoms with E-state index in [1.54, 1.807) is 0 Å². The minimum absolute atomic E-state index is 0.0307. The van der Waals surface area contributed by atoms with E-state index in [2.05, 4.69) is 41.2 Å². The number of amides is 1. The van der Waals surface area contributed by atoms with Crippen LogP contribution in [0.4, 0.5) is 0 Å². The topological polar surface area (TPSA) is 48.1 Å². The largest absolute Gasteiger partial charge is 0.351 e. The van der Waals surface area contributed by atoms with Crippen LogP contribution in [0, 0.1) is 13.8 Å². The van der Waals surface area contributed by atoms with Crippen LogP contribution in [0.5, 0.6) is 0 Å². The molecular weight excluding hydrogens is 286 g/mol. The van der Waals surface area contributed by atoms with Gasteiger partial charge in [0, 0.05) is 36.1 Å². The first kappa shape index (κ1) is 14.8. The molecule has 1 aliphatic heterocycles. The number of carbonyl (C=O) groups excluding carboxylic acids is 1. The number of rotatable bonds is 3. The van der Waals surface area contributed by atoms with Crippen LogP contribution in [0.1, 0.15) is 47.3 Å². The summed E-state index contributed by atoms with van der Waals surface area (Å²) in [7, 11) is 0. The lowest BCUT2D eigenvalue weighted by molar-refractivity contribution is 0.0905. The van der Waals surface area contributed by atoms with Gasteiger partial charge in [-0.15, -0.1) is 0 Å². The van der Waals surface area contributed by atoms with E-state index in [4.69, 9.17) is 0 Å².